The molecule has 1 fully saturated rings. The van der Waals surface area contributed by atoms with Gasteiger partial charge in [0.1, 0.15) is 11.5 Å². The van der Waals surface area contributed by atoms with Gasteiger partial charge in [-0.2, -0.15) is 4.31 Å². The maximum Gasteiger partial charge on any atom is 0.243 e. The second-order valence-electron chi connectivity index (χ2n) is 5.70. The quantitative estimate of drug-likeness (QED) is 0.765. The zero-order valence-electron chi connectivity index (χ0n) is 12.9. The van der Waals surface area contributed by atoms with E-state index in [2.05, 4.69) is 28.0 Å². The first kappa shape index (κ1) is 16.7. The van der Waals surface area contributed by atoms with Gasteiger partial charge in [0.25, 0.3) is 0 Å². The third-order valence-corrected chi connectivity index (χ3v) is 6.49. The molecule has 0 spiro atoms. The normalized spacial score (nSPS) is 19.3. The van der Waals surface area contributed by atoms with Crippen molar-refractivity contribution in [3.05, 3.63) is 46.3 Å². The number of hydrogen-bond acceptors (Lipinski definition) is 4. The molecule has 1 aliphatic rings. The lowest BCUT2D eigenvalue weighted by atomic mass is 10.1. The molecule has 3 rings (SSSR count). The second-order valence-corrected chi connectivity index (χ2v) is 8.50. The molecule has 1 aromatic heterocycles. The van der Waals surface area contributed by atoms with Gasteiger partial charge < -0.3 is 4.52 Å². The first-order chi connectivity index (χ1) is 11.0. The fraction of sp³-hybridized carbons (Fsp3) is 0.438. The standard InChI is InChI=1S/C16H19BrN2O3S/c1-2-4-13-11-15(18-22-13)16-5-3-10-19(16)23(20,21)14-8-6-12(17)7-9-14/h6-9,11,16H,2-5,10H2,1H3. The van der Waals surface area contributed by atoms with Gasteiger partial charge in [-0.1, -0.05) is 28.0 Å². The van der Waals surface area contributed by atoms with E-state index in [1.165, 1.54) is 0 Å². The summed E-state index contributed by atoms with van der Waals surface area (Å²) in [6, 6.07) is 8.39. The Morgan fingerprint density at radius 2 is 2.09 bits per heavy atom. The Balaban J connectivity index is 1.89. The lowest BCUT2D eigenvalue weighted by Gasteiger charge is -2.22. The van der Waals surface area contributed by atoms with E-state index in [9.17, 15) is 8.42 Å². The van der Waals surface area contributed by atoms with Crippen molar-refractivity contribution < 1.29 is 12.9 Å². The van der Waals surface area contributed by atoms with Crippen LogP contribution in [0.4, 0.5) is 0 Å². The third kappa shape index (κ3) is 3.36. The Labute approximate surface area is 144 Å². The van der Waals surface area contributed by atoms with Crippen molar-refractivity contribution >= 4 is 26.0 Å². The summed E-state index contributed by atoms with van der Waals surface area (Å²) in [6.45, 7) is 2.58. The molecule has 0 aliphatic carbocycles. The topological polar surface area (TPSA) is 63.4 Å². The van der Waals surface area contributed by atoms with Gasteiger partial charge in [0, 0.05) is 23.5 Å². The average molecular weight is 399 g/mol. The molecular weight excluding hydrogens is 380 g/mol. The summed E-state index contributed by atoms with van der Waals surface area (Å²) in [5.74, 6) is 0.815. The minimum atomic E-state index is -3.52. The van der Waals surface area contributed by atoms with Gasteiger partial charge in [0.2, 0.25) is 10.0 Å². The lowest BCUT2D eigenvalue weighted by Crippen LogP contribution is -2.30. The molecule has 1 aromatic carbocycles. The van der Waals surface area contributed by atoms with Crippen LogP contribution in [0.3, 0.4) is 0 Å². The summed E-state index contributed by atoms with van der Waals surface area (Å²) in [7, 11) is -3.52. The highest BCUT2D eigenvalue weighted by Gasteiger charge is 2.37. The summed E-state index contributed by atoms with van der Waals surface area (Å²) in [4.78, 5) is 0.310. The van der Waals surface area contributed by atoms with E-state index in [0.29, 0.717) is 17.1 Å². The minimum absolute atomic E-state index is 0.238. The van der Waals surface area contributed by atoms with Gasteiger partial charge in [-0.15, -0.1) is 0 Å². The summed E-state index contributed by atoms with van der Waals surface area (Å²) >= 11 is 3.33. The minimum Gasteiger partial charge on any atom is -0.361 e. The maximum atomic E-state index is 12.9. The van der Waals surface area contributed by atoms with Gasteiger partial charge in [-0.05, 0) is 43.5 Å². The third-order valence-electron chi connectivity index (χ3n) is 4.04. The van der Waals surface area contributed by atoms with Crippen molar-refractivity contribution in [3.8, 4) is 0 Å². The molecule has 124 valence electrons. The Hall–Kier alpha value is -1.18. The van der Waals surface area contributed by atoms with Crippen LogP contribution in [0.1, 0.15) is 43.7 Å². The van der Waals surface area contributed by atoms with Gasteiger partial charge in [-0.25, -0.2) is 8.42 Å². The smallest absolute Gasteiger partial charge is 0.243 e. The van der Waals surface area contributed by atoms with Crippen molar-refractivity contribution in [2.75, 3.05) is 6.54 Å². The maximum absolute atomic E-state index is 12.9. The molecule has 2 aromatic rings. The predicted octanol–water partition coefficient (Wildman–Crippen LogP) is 3.92. The largest absolute Gasteiger partial charge is 0.361 e. The van der Waals surface area contributed by atoms with Gasteiger partial charge >= 0.3 is 0 Å². The van der Waals surface area contributed by atoms with Gasteiger partial charge in [0.15, 0.2) is 0 Å². The zero-order valence-corrected chi connectivity index (χ0v) is 15.3. The van der Waals surface area contributed by atoms with Gasteiger partial charge in [0.05, 0.1) is 10.9 Å². The summed E-state index contributed by atoms with van der Waals surface area (Å²) in [5, 5.41) is 4.10. The first-order valence-electron chi connectivity index (χ1n) is 7.75. The van der Waals surface area contributed by atoms with Crippen molar-refractivity contribution in [1.82, 2.24) is 9.46 Å². The van der Waals surface area contributed by atoms with Crippen LogP contribution >= 0.6 is 15.9 Å². The molecule has 5 nitrogen and oxygen atoms in total. The Morgan fingerprint density at radius 3 is 2.78 bits per heavy atom. The highest BCUT2D eigenvalue weighted by molar-refractivity contribution is 9.10. The van der Waals surface area contributed by atoms with E-state index < -0.39 is 10.0 Å². The Morgan fingerprint density at radius 1 is 1.35 bits per heavy atom. The molecule has 0 radical (unpaired) electrons. The van der Waals surface area contributed by atoms with E-state index in [-0.39, 0.29) is 6.04 Å². The number of benzene rings is 1. The number of nitrogens with zero attached hydrogens (tertiary/aromatic N) is 2. The van der Waals surface area contributed by atoms with Crippen LogP contribution in [0.15, 0.2) is 44.2 Å². The molecule has 0 bridgehead atoms. The lowest BCUT2D eigenvalue weighted by molar-refractivity contribution is 0.343. The monoisotopic (exact) mass is 398 g/mol. The number of aromatic nitrogens is 1. The SMILES string of the molecule is CCCc1cc(C2CCCN2S(=O)(=O)c2ccc(Br)cc2)no1. The highest BCUT2D eigenvalue weighted by Crippen LogP contribution is 2.36. The van der Waals surface area contributed by atoms with E-state index in [1.807, 2.05) is 6.07 Å². The number of aryl methyl sites for hydroxylation is 1. The first-order valence-corrected chi connectivity index (χ1v) is 9.98. The summed E-state index contributed by atoms with van der Waals surface area (Å²) in [5.41, 5.74) is 0.714. The second kappa shape index (κ2) is 6.75. The van der Waals surface area contributed by atoms with Crippen LogP contribution in [0, 0.1) is 0 Å². The molecule has 0 amide bonds. The predicted molar refractivity (Wildman–Crippen MR) is 90.5 cm³/mol. The van der Waals surface area contributed by atoms with Crippen molar-refractivity contribution in [1.29, 1.82) is 0 Å². The molecule has 0 N–H and O–H groups in total. The molecule has 2 heterocycles. The van der Waals surface area contributed by atoms with Crippen LogP contribution in [0.5, 0.6) is 0 Å². The number of halogens is 1. The number of rotatable bonds is 5. The van der Waals surface area contributed by atoms with Crippen molar-refractivity contribution in [3.63, 3.8) is 0 Å². The summed E-state index contributed by atoms with van der Waals surface area (Å²) < 4.78 is 33.6. The van der Waals surface area contributed by atoms with Crippen molar-refractivity contribution in [2.45, 2.75) is 43.5 Å². The molecule has 1 aliphatic heterocycles. The van der Waals surface area contributed by atoms with E-state index in [4.69, 9.17) is 4.52 Å². The van der Waals surface area contributed by atoms with Crippen LogP contribution in [0.2, 0.25) is 0 Å². The van der Waals surface area contributed by atoms with Crippen molar-refractivity contribution in [2.24, 2.45) is 0 Å². The Bertz CT molecular complexity index is 771. The molecular formula is C16H19BrN2O3S. The van der Waals surface area contributed by atoms with Crippen LogP contribution < -0.4 is 0 Å². The van der Waals surface area contributed by atoms with Crippen LogP contribution in [0.25, 0.3) is 0 Å². The van der Waals surface area contributed by atoms with Gasteiger partial charge in [-0.3, -0.25) is 0 Å². The highest BCUT2D eigenvalue weighted by atomic mass is 79.9. The fourth-order valence-corrected chi connectivity index (χ4v) is 4.85. The molecule has 23 heavy (non-hydrogen) atoms. The number of sulfonamides is 1. The molecule has 0 saturated carbocycles. The molecule has 7 heteroatoms. The molecule has 1 saturated heterocycles. The Kier molecular flexibility index (Phi) is 4.89. The van der Waals surface area contributed by atoms with E-state index in [0.717, 1.165) is 35.9 Å². The fourth-order valence-electron chi connectivity index (χ4n) is 2.92. The molecule has 1 atom stereocenters. The van der Waals surface area contributed by atoms with Crippen LogP contribution in [-0.2, 0) is 16.4 Å². The number of hydrogen-bond donors (Lipinski definition) is 0. The van der Waals surface area contributed by atoms with Crippen LogP contribution in [-0.4, -0.2) is 24.4 Å². The van der Waals surface area contributed by atoms with E-state index >= 15 is 0 Å². The van der Waals surface area contributed by atoms with E-state index in [1.54, 1.807) is 28.6 Å². The zero-order chi connectivity index (χ0) is 16.4. The average Bonchev–Trinajstić information content (AvgIpc) is 3.16. The summed E-state index contributed by atoms with van der Waals surface area (Å²) in [6.07, 6.45) is 3.39. The molecule has 1 unspecified atom stereocenters.